The Labute approximate surface area is 228 Å². The molecule has 2 saturated carbocycles. The molecule has 4 aromatic rings. The highest BCUT2D eigenvalue weighted by molar-refractivity contribution is 6.01. The molecular formula is C32H35N5O2. The van der Waals surface area contributed by atoms with Crippen LogP contribution in [0.4, 0.5) is 0 Å². The van der Waals surface area contributed by atoms with Gasteiger partial charge in [-0.1, -0.05) is 24.3 Å². The number of piperidine rings is 1. The van der Waals surface area contributed by atoms with E-state index in [1.54, 1.807) is 7.11 Å². The Morgan fingerprint density at radius 2 is 1.97 bits per heavy atom. The SMILES string of the molecule is COc1cc(C(=O)N2C[C@H]3CC[C@@H]2[C@@H]3N)cc2nc(-c3cc4cccc(C5=CCC5)c4n3CC3CC3)n(C)c12. The molecule has 200 valence electrons. The molecule has 1 aliphatic heterocycles. The first-order valence-corrected chi connectivity index (χ1v) is 14.4. The van der Waals surface area contributed by atoms with Gasteiger partial charge in [0.2, 0.25) is 0 Å². The molecular weight excluding hydrogens is 486 g/mol. The lowest BCUT2D eigenvalue weighted by Crippen LogP contribution is -2.41. The summed E-state index contributed by atoms with van der Waals surface area (Å²) >= 11 is 0. The molecule has 0 unspecified atom stereocenters. The highest BCUT2D eigenvalue weighted by Gasteiger charge is 2.47. The Balaban J connectivity index is 1.27. The lowest BCUT2D eigenvalue weighted by molar-refractivity contribution is 0.0700. The molecule has 8 rings (SSSR count). The third-order valence-electron chi connectivity index (χ3n) is 9.75. The first-order valence-electron chi connectivity index (χ1n) is 14.4. The predicted molar refractivity (Wildman–Crippen MR) is 154 cm³/mol. The smallest absolute Gasteiger partial charge is 0.254 e. The number of methoxy groups -OCH3 is 1. The van der Waals surface area contributed by atoms with E-state index in [2.05, 4.69) is 46.5 Å². The van der Waals surface area contributed by atoms with Crippen molar-refractivity contribution in [3.8, 4) is 17.3 Å². The number of hydrogen-bond acceptors (Lipinski definition) is 4. The van der Waals surface area contributed by atoms with Crippen LogP contribution in [0.1, 0.15) is 54.4 Å². The molecule has 2 aromatic heterocycles. The molecule has 1 saturated heterocycles. The summed E-state index contributed by atoms with van der Waals surface area (Å²) in [5.41, 5.74) is 14.0. The Morgan fingerprint density at radius 1 is 1.13 bits per heavy atom. The van der Waals surface area contributed by atoms with Gasteiger partial charge in [-0.05, 0) is 74.1 Å². The van der Waals surface area contributed by atoms with Crippen molar-refractivity contribution in [2.45, 2.75) is 57.2 Å². The van der Waals surface area contributed by atoms with Gasteiger partial charge in [0.25, 0.3) is 5.91 Å². The zero-order valence-electron chi connectivity index (χ0n) is 22.7. The third-order valence-corrected chi connectivity index (χ3v) is 9.75. The van der Waals surface area contributed by atoms with Crippen LogP contribution in [0, 0.1) is 11.8 Å². The van der Waals surface area contributed by atoms with E-state index in [1.165, 1.54) is 34.9 Å². The summed E-state index contributed by atoms with van der Waals surface area (Å²) < 4.78 is 10.5. The summed E-state index contributed by atoms with van der Waals surface area (Å²) in [6.07, 6.45) is 9.36. The van der Waals surface area contributed by atoms with Gasteiger partial charge in [-0.15, -0.1) is 0 Å². The van der Waals surface area contributed by atoms with Crippen molar-refractivity contribution in [2.24, 2.45) is 24.6 Å². The van der Waals surface area contributed by atoms with Gasteiger partial charge in [-0.2, -0.15) is 0 Å². The van der Waals surface area contributed by atoms with Crippen molar-refractivity contribution >= 4 is 33.4 Å². The maximum absolute atomic E-state index is 13.7. The number of fused-ring (bicyclic) bond motifs is 4. The minimum absolute atomic E-state index is 0.0336. The normalized spacial score (nSPS) is 24.0. The van der Waals surface area contributed by atoms with Crippen LogP contribution in [0.25, 0.3) is 39.0 Å². The standard InChI is InChI=1S/C32H35N5O2/c1-35-30-24(13-22(15-27(30)39-2)32(38)37-17-21-11-12-25(37)28(21)33)34-31(35)26-14-20-7-4-8-23(19-5-3-6-19)29(20)36(26)16-18-9-10-18/h4-5,7-8,13-15,18,21,25,28H,3,6,9-12,16-17,33H2,1-2H3/t21-,25-,28-/m1/s1. The number of rotatable bonds is 6. The minimum Gasteiger partial charge on any atom is -0.494 e. The van der Waals surface area contributed by atoms with Crippen molar-refractivity contribution in [1.82, 2.24) is 19.0 Å². The zero-order valence-corrected chi connectivity index (χ0v) is 22.7. The van der Waals surface area contributed by atoms with Crippen LogP contribution in [0.2, 0.25) is 0 Å². The molecule has 3 atom stereocenters. The largest absolute Gasteiger partial charge is 0.494 e. The molecule has 0 spiro atoms. The third kappa shape index (κ3) is 3.45. The summed E-state index contributed by atoms with van der Waals surface area (Å²) in [5.74, 6) is 2.75. The van der Waals surface area contributed by atoms with Crippen molar-refractivity contribution in [2.75, 3.05) is 13.7 Å². The van der Waals surface area contributed by atoms with E-state index in [1.807, 2.05) is 17.0 Å². The highest BCUT2D eigenvalue weighted by Crippen LogP contribution is 2.42. The lowest BCUT2D eigenvalue weighted by Gasteiger charge is -2.27. The van der Waals surface area contributed by atoms with Gasteiger partial charge in [0.05, 0.1) is 23.8 Å². The second kappa shape index (κ2) is 8.46. The molecule has 4 aliphatic rings. The first-order chi connectivity index (χ1) is 19.0. The van der Waals surface area contributed by atoms with Gasteiger partial charge in [-0.25, -0.2) is 4.98 Å². The fraction of sp³-hybridized carbons (Fsp3) is 0.438. The molecule has 7 heteroatoms. The number of para-hydroxylation sites is 1. The summed E-state index contributed by atoms with van der Waals surface area (Å²) in [7, 11) is 3.73. The number of nitrogens with zero attached hydrogens (tertiary/aromatic N) is 4. The topological polar surface area (TPSA) is 78.3 Å². The van der Waals surface area contributed by atoms with Gasteiger partial charge in [0, 0.05) is 48.7 Å². The van der Waals surface area contributed by atoms with Crippen LogP contribution in [0.15, 0.2) is 42.5 Å². The van der Waals surface area contributed by atoms with Crippen molar-refractivity contribution < 1.29 is 9.53 Å². The van der Waals surface area contributed by atoms with Crippen LogP contribution in [0.3, 0.4) is 0 Å². The fourth-order valence-electron chi connectivity index (χ4n) is 7.32. The maximum atomic E-state index is 13.7. The second-order valence-electron chi connectivity index (χ2n) is 12.1. The number of allylic oxidation sites excluding steroid dienone is 2. The zero-order chi connectivity index (χ0) is 26.4. The van der Waals surface area contributed by atoms with Crippen molar-refractivity contribution in [3.63, 3.8) is 0 Å². The molecule has 3 heterocycles. The van der Waals surface area contributed by atoms with E-state index in [4.69, 9.17) is 15.5 Å². The molecule has 39 heavy (non-hydrogen) atoms. The average molecular weight is 522 g/mol. The molecule has 2 aromatic carbocycles. The number of aryl methyl sites for hydroxylation is 1. The maximum Gasteiger partial charge on any atom is 0.254 e. The summed E-state index contributed by atoms with van der Waals surface area (Å²) in [6.45, 7) is 1.75. The molecule has 2 N–H and O–H groups in total. The highest BCUT2D eigenvalue weighted by atomic mass is 16.5. The van der Waals surface area contributed by atoms with Gasteiger partial charge in [-0.3, -0.25) is 4.79 Å². The Morgan fingerprint density at radius 3 is 2.64 bits per heavy atom. The van der Waals surface area contributed by atoms with E-state index in [-0.39, 0.29) is 18.0 Å². The van der Waals surface area contributed by atoms with Crippen LogP contribution < -0.4 is 10.5 Å². The predicted octanol–water partition coefficient (Wildman–Crippen LogP) is 5.35. The lowest BCUT2D eigenvalue weighted by atomic mass is 9.91. The van der Waals surface area contributed by atoms with Crippen LogP contribution in [-0.2, 0) is 13.6 Å². The molecule has 7 nitrogen and oxygen atoms in total. The van der Waals surface area contributed by atoms with E-state index < -0.39 is 0 Å². The van der Waals surface area contributed by atoms with Crippen LogP contribution in [-0.4, -0.2) is 50.7 Å². The number of carbonyl (C=O) groups is 1. The molecule has 0 radical (unpaired) electrons. The number of nitrogens with two attached hydrogens (primary N) is 1. The number of likely N-dealkylation sites (tertiary alicyclic amines) is 1. The van der Waals surface area contributed by atoms with Crippen LogP contribution >= 0.6 is 0 Å². The molecule has 3 fully saturated rings. The van der Waals surface area contributed by atoms with E-state index >= 15 is 0 Å². The summed E-state index contributed by atoms with van der Waals surface area (Å²) in [4.78, 5) is 20.8. The van der Waals surface area contributed by atoms with Gasteiger partial charge in [0.15, 0.2) is 5.82 Å². The van der Waals surface area contributed by atoms with E-state index in [0.717, 1.165) is 67.2 Å². The minimum atomic E-state index is 0.0336. The number of amides is 1. The fourth-order valence-corrected chi connectivity index (χ4v) is 7.32. The van der Waals surface area contributed by atoms with Gasteiger partial charge < -0.3 is 24.5 Å². The first kappa shape index (κ1) is 23.3. The summed E-state index contributed by atoms with van der Waals surface area (Å²) in [5, 5.41) is 1.26. The Hall–Kier alpha value is -3.58. The van der Waals surface area contributed by atoms with E-state index in [0.29, 0.717) is 17.2 Å². The number of aromatic nitrogens is 3. The number of hydrogen-bond donors (Lipinski definition) is 1. The molecule has 2 bridgehead atoms. The second-order valence-corrected chi connectivity index (χ2v) is 12.1. The van der Waals surface area contributed by atoms with Gasteiger partial charge >= 0.3 is 0 Å². The van der Waals surface area contributed by atoms with E-state index in [9.17, 15) is 4.79 Å². The number of carbonyl (C=O) groups excluding carboxylic acids is 1. The van der Waals surface area contributed by atoms with Gasteiger partial charge in [0.1, 0.15) is 11.3 Å². The number of imidazole rings is 1. The molecule has 1 amide bonds. The number of benzene rings is 2. The quantitative estimate of drug-likeness (QED) is 0.371. The molecule has 3 aliphatic carbocycles. The Bertz CT molecular complexity index is 1690. The van der Waals surface area contributed by atoms with Crippen molar-refractivity contribution in [3.05, 3.63) is 53.6 Å². The summed E-state index contributed by atoms with van der Waals surface area (Å²) in [6, 6.07) is 13.0. The van der Waals surface area contributed by atoms with Crippen LogP contribution in [0.5, 0.6) is 5.75 Å². The Kier molecular flexibility index (Phi) is 5.06. The number of ether oxygens (including phenoxy) is 1. The monoisotopic (exact) mass is 521 g/mol. The van der Waals surface area contributed by atoms with Crippen molar-refractivity contribution in [1.29, 1.82) is 0 Å². The average Bonchev–Trinajstić information content (AvgIpc) is 3.30.